The summed E-state index contributed by atoms with van der Waals surface area (Å²) >= 11 is 1.29. The van der Waals surface area contributed by atoms with Crippen molar-refractivity contribution in [2.75, 3.05) is 5.32 Å². The molecule has 0 saturated carbocycles. The minimum Gasteiger partial charge on any atom is -0.465 e. The van der Waals surface area contributed by atoms with Crippen molar-refractivity contribution in [2.24, 2.45) is 0 Å². The van der Waals surface area contributed by atoms with E-state index >= 15 is 0 Å². The van der Waals surface area contributed by atoms with Crippen LogP contribution in [0.25, 0.3) is 0 Å². The van der Waals surface area contributed by atoms with Crippen LogP contribution in [0.2, 0.25) is 0 Å². The van der Waals surface area contributed by atoms with E-state index in [-0.39, 0.29) is 5.82 Å². The van der Waals surface area contributed by atoms with E-state index in [2.05, 4.69) is 10.3 Å². The molecule has 1 aromatic carbocycles. The smallest absolute Gasteiger partial charge is 0.409 e. The molecule has 94 valence electrons. The standard InChI is InChI=1S/C12H11FN2O2S/c1-7-11(15-12(16)17)18-10(14-7)6-8-2-4-9(13)5-3-8/h2-5,15H,6H2,1H3,(H,16,17). The zero-order valence-corrected chi connectivity index (χ0v) is 10.4. The van der Waals surface area contributed by atoms with Crippen LogP contribution in [-0.2, 0) is 6.42 Å². The summed E-state index contributed by atoms with van der Waals surface area (Å²) in [4.78, 5) is 14.8. The molecule has 2 N–H and O–H groups in total. The van der Waals surface area contributed by atoms with Crippen molar-refractivity contribution in [1.29, 1.82) is 0 Å². The molecule has 0 atom stereocenters. The predicted octanol–water partition coefficient (Wildman–Crippen LogP) is 3.27. The molecule has 0 spiro atoms. The summed E-state index contributed by atoms with van der Waals surface area (Å²) in [5.41, 5.74) is 1.59. The minimum atomic E-state index is -1.10. The van der Waals surface area contributed by atoms with Crippen LogP contribution < -0.4 is 5.32 Å². The maximum atomic E-state index is 12.7. The van der Waals surface area contributed by atoms with Crippen LogP contribution >= 0.6 is 11.3 Å². The lowest BCUT2D eigenvalue weighted by Gasteiger charge is -1.97. The number of thiazole rings is 1. The fourth-order valence-electron chi connectivity index (χ4n) is 1.52. The average Bonchev–Trinajstić information content (AvgIpc) is 2.62. The summed E-state index contributed by atoms with van der Waals surface area (Å²) in [5, 5.41) is 12.3. The van der Waals surface area contributed by atoms with Crippen LogP contribution in [0, 0.1) is 12.7 Å². The number of anilines is 1. The maximum Gasteiger partial charge on any atom is 0.409 e. The van der Waals surface area contributed by atoms with Gasteiger partial charge >= 0.3 is 6.09 Å². The van der Waals surface area contributed by atoms with E-state index < -0.39 is 6.09 Å². The molecule has 0 aliphatic carbocycles. The zero-order valence-electron chi connectivity index (χ0n) is 9.61. The van der Waals surface area contributed by atoms with Crippen molar-refractivity contribution in [3.63, 3.8) is 0 Å². The molecule has 0 radical (unpaired) electrons. The molecular weight excluding hydrogens is 255 g/mol. The third-order valence-corrected chi connectivity index (χ3v) is 3.40. The van der Waals surface area contributed by atoms with Crippen molar-refractivity contribution in [2.45, 2.75) is 13.3 Å². The van der Waals surface area contributed by atoms with E-state index in [1.165, 1.54) is 23.5 Å². The van der Waals surface area contributed by atoms with Crippen molar-refractivity contribution >= 4 is 22.4 Å². The Morgan fingerprint density at radius 3 is 2.72 bits per heavy atom. The summed E-state index contributed by atoms with van der Waals surface area (Å²) < 4.78 is 12.7. The van der Waals surface area contributed by atoms with Crippen molar-refractivity contribution in [3.05, 3.63) is 46.3 Å². The van der Waals surface area contributed by atoms with Gasteiger partial charge in [0.05, 0.1) is 10.7 Å². The number of aryl methyl sites for hydroxylation is 1. The first-order chi connectivity index (χ1) is 8.54. The monoisotopic (exact) mass is 266 g/mol. The molecule has 0 aliphatic rings. The van der Waals surface area contributed by atoms with E-state index in [0.29, 0.717) is 17.1 Å². The van der Waals surface area contributed by atoms with Gasteiger partial charge in [-0.3, -0.25) is 5.32 Å². The number of rotatable bonds is 3. The molecule has 0 bridgehead atoms. The van der Waals surface area contributed by atoms with Crippen LogP contribution in [0.1, 0.15) is 16.3 Å². The molecule has 0 fully saturated rings. The van der Waals surface area contributed by atoms with Gasteiger partial charge in [0.2, 0.25) is 0 Å². The molecule has 0 unspecified atom stereocenters. The highest BCUT2D eigenvalue weighted by atomic mass is 32.1. The van der Waals surface area contributed by atoms with E-state index in [0.717, 1.165) is 10.6 Å². The average molecular weight is 266 g/mol. The number of hydrogen-bond acceptors (Lipinski definition) is 3. The van der Waals surface area contributed by atoms with Crippen molar-refractivity contribution < 1.29 is 14.3 Å². The Balaban J connectivity index is 2.14. The highest BCUT2D eigenvalue weighted by Gasteiger charge is 2.10. The number of nitrogens with one attached hydrogen (secondary N) is 1. The Labute approximate surface area is 107 Å². The summed E-state index contributed by atoms with van der Waals surface area (Å²) in [6, 6.07) is 6.17. The molecule has 2 rings (SSSR count). The van der Waals surface area contributed by atoms with E-state index in [1.807, 2.05) is 0 Å². The van der Waals surface area contributed by atoms with Crippen LogP contribution in [0.4, 0.5) is 14.2 Å². The first kappa shape index (κ1) is 12.5. The number of halogens is 1. The molecule has 1 aromatic heterocycles. The quantitative estimate of drug-likeness (QED) is 0.896. The first-order valence-electron chi connectivity index (χ1n) is 5.25. The normalized spacial score (nSPS) is 10.3. The van der Waals surface area contributed by atoms with Gasteiger partial charge in [-0.2, -0.15) is 0 Å². The second-order valence-electron chi connectivity index (χ2n) is 3.76. The van der Waals surface area contributed by atoms with Crippen molar-refractivity contribution in [3.8, 4) is 0 Å². The van der Waals surface area contributed by atoms with Crippen LogP contribution in [0.5, 0.6) is 0 Å². The Morgan fingerprint density at radius 1 is 1.44 bits per heavy atom. The molecule has 0 saturated heterocycles. The summed E-state index contributed by atoms with van der Waals surface area (Å²) in [6.45, 7) is 1.75. The topological polar surface area (TPSA) is 62.2 Å². The van der Waals surface area contributed by atoms with Gasteiger partial charge in [0, 0.05) is 6.42 Å². The van der Waals surface area contributed by atoms with E-state index in [9.17, 15) is 9.18 Å². The number of hydrogen-bond donors (Lipinski definition) is 2. The predicted molar refractivity (Wildman–Crippen MR) is 67.7 cm³/mol. The highest BCUT2D eigenvalue weighted by Crippen LogP contribution is 2.25. The second kappa shape index (κ2) is 5.14. The number of carbonyl (C=O) groups is 1. The van der Waals surface area contributed by atoms with Gasteiger partial charge in [0.15, 0.2) is 0 Å². The molecule has 1 heterocycles. The second-order valence-corrected chi connectivity index (χ2v) is 4.84. The fraction of sp³-hybridized carbons (Fsp3) is 0.167. The Kier molecular flexibility index (Phi) is 3.57. The summed E-state index contributed by atoms with van der Waals surface area (Å²) in [7, 11) is 0. The van der Waals surface area contributed by atoms with Gasteiger partial charge in [-0.05, 0) is 24.6 Å². The SMILES string of the molecule is Cc1nc(Cc2ccc(F)cc2)sc1NC(=O)O. The minimum absolute atomic E-state index is 0.276. The molecule has 4 nitrogen and oxygen atoms in total. The summed E-state index contributed by atoms with van der Waals surface area (Å²) in [6.07, 6.45) is -0.539. The fourth-order valence-corrected chi connectivity index (χ4v) is 2.51. The van der Waals surface area contributed by atoms with E-state index in [1.54, 1.807) is 19.1 Å². The number of aromatic nitrogens is 1. The largest absolute Gasteiger partial charge is 0.465 e. The molecule has 1 amide bonds. The molecule has 0 aliphatic heterocycles. The lowest BCUT2D eigenvalue weighted by Crippen LogP contribution is -2.06. The molecular formula is C12H11FN2O2S. The zero-order chi connectivity index (χ0) is 13.1. The van der Waals surface area contributed by atoms with Gasteiger partial charge in [0.25, 0.3) is 0 Å². The van der Waals surface area contributed by atoms with Gasteiger partial charge < -0.3 is 5.11 Å². The lowest BCUT2D eigenvalue weighted by atomic mass is 10.1. The molecule has 2 aromatic rings. The number of nitrogens with zero attached hydrogens (tertiary/aromatic N) is 1. The summed E-state index contributed by atoms with van der Waals surface area (Å²) in [5.74, 6) is -0.276. The van der Waals surface area contributed by atoms with Gasteiger partial charge in [-0.1, -0.05) is 12.1 Å². The van der Waals surface area contributed by atoms with Gasteiger partial charge in [0.1, 0.15) is 10.8 Å². The van der Waals surface area contributed by atoms with Gasteiger partial charge in [-0.15, -0.1) is 11.3 Å². The Morgan fingerprint density at radius 2 is 2.11 bits per heavy atom. The molecule has 18 heavy (non-hydrogen) atoms. The highest BCUT2D eigenvalue weighted by molar-refractivity contribution is 7.16. The molecule has 6 heteroatoms. The van der Waals surface area contributed by atoms with Crippen molar-refractivity contribution in [1.82, 2.24) is 4.98 Å². The van der Waals surface area contributed by atoms with Crippen LogP contribution in [0.15, 0.2) is 24.3 Å². The Bertz CT molecular complexity index is 566. The van der Waals surface area contributed by atoms with E-state index in [4.69, 9.17) is 5.11 Å². The number of benzene rings is 1. The Hall–Kier alpha value is -1.95. The first-order valence-corrected chi connectivity index (χ1v) is 6.07. The number of amides is 1. The third kappa shape index (κ3) is 3.04. The van der Waals surface area contributed by atoms with Gasteiger partial charge in [-0.25, -0.2) is 14.2 Å². The van der Waals surface area contributed by atoms with Crippen LogP contribution in [-0.4, -0.2) is 16.2 Å². The third-order valence-electron chi connectivity index (χ3n) is 2.33. The lowest BCUT2D eigenvalue weighted by molar-refractivity contribution is 0.210. The maximum absolute atomic E-state index is 12.7. The number of carboxylic acid groups (broad SMARTS) is 1. The van der Waals surface area contributed by atoms with Crippen LogP contribution in [0.3, 0.4) is 0 Å².